The van der Waals surface area contributed by atoms with Crippen LogP contribution in [-0.4, -0.2) is 18.3 Å². The van der Waals surface area contributed by atoms with E-state index in [2.05, 4.69) is 0 Å². The third-order valence-corrected chi connectivity index (χ3v) is 4.00. The Balaban J connectivity index is 2.95. The molecule has 0 radical (unpaired) electrons. The van der Waals surface area contributed by atoms with Crippen molar-refractivity contribution in [3.63, 3.8) is 0 Å². The van der Waals surface area contributed by atoms with Gasteiger partial charge >= 0.3 is 0 Å². The van der Waals surface area contributed by atoms with Crippen molar-refractivity contribution in [1.29, 1.82) is 0 Å². The lowest BCUT2D eigenvalue weighted by Crippen LogP contribution is -2.20. The zero-order valence-corrected chi connectivity index (χ0v) is 11.9. The van der Waals surface area contributed by atoms with Gasteiger partial charge in [0.1, 0.15) is 0 Å². The molecular formula is C12H16Cl3NO. The molecule has 96 valence electrons. The summed E-state index contributed by atoms with van der Waals surface area (Å²) in [5.74, 6) is 0.158. The smallest absolute Gasteiger partial charge is 0.0641 e. The van der Waals surface area contributed by atoms with Crippen LogP contribution in [0, 0.1) is 5.92 Å². The van der Waals surface area contributed by atoms with Gasteiger partial charge in [-0.25, -0.2) is 0 Å². The molecule has 1 aromatic carbocycles. The first kappa shape index (κ1) is 15.1. The number of nitrogens with two attached hydrogens (primary N) is 1. The summed E-state index contributed by atoms with van der Waals surface area (Å²) in [5.41, 5.74) is 6.39. The minimum absolute atomic E-state index is 0.0520. The molecule has 2 nitrogen and oxygen atoms in total. The van der Waals surface area contributed by atoms with E-state index < -0.39 is 0 Å². The summed E-state index contributed by atoms with van der Waals surface area (Å²) in [7, 11) is 0. The summed E-state index contributed by atoms with van der Waals surface area (Å²) in [4.78, 5) is 0. The highest BCUT2D eigenvalue weighted by Crippen LogP contribution is 2.38. The van der Waals surface area contributed by atoms with E-state index in [1.54, 1.807) is 12.1 Å². The van der Waals surface area contributed by atoms with E-state index in [-0.39, 0.29) is 18.4 Å². The van der Waals surface area contributed by atoms with Crippen LogP contribution in [0.15, 0.2) is 12.1 Å². The first-order valence-electron chi connectivity index (χ1n) is 5.45. The lowest BCUT2D eigenvalue weighted by atomic mass is 9.90. The second kappa shape index (κ2) is 6.81. The summed E-state index contributed by atoms with van der Waals surface area (Å²) in [6.45, 7) is 2.51. The SMILES string of the molecule is CC(CC(CN)CO)c1c(Cl)ccc(Cl)c1Cl. The monoisotopic (exact) mass is 295 g/mol. The average Bonchev–Trinajstić information content (AvgIpc) is 2.31. The van der Waals surface area contributed by atoms with Crippen molar-refractivity contribution in [3.8, 4) is 0 Å². The van der Waals surface area contributed by atoms with Crippen molar-refractivity contribution < 1.29 is 5.11 Å². The predicted molar refractivity (Wildman–Crippen MR) is 74.1 cm³/mol. The highest BCUT2D eigenvalue weighted by molar-refractivity contribution is 6.44. The van der Waals surface area contributed by atoms with Crippen LogP contribution >= 0.6 is 34.8 Å². The topological polar surface area (TPSA) is 46.2 Å². The van der Waals surface area contributed by atoms with Crippen LogP contribution in [0.5, 0.6) is 0 Å². The molecule has 2 unspecified atom stereocenters. The molecule has 0 spiro atoms. The summed E-state index contributed by atoms with van der Waals surface area (Å²) in [6, 6.07) is 3.41. The quantitative estimate of drug-likeness (QED) is 0.814. The van der Waals surface area contributed by atoms with Crippen molar-refractivity contribution in [3.05, 3.63) is 32.8 Å². The number of halogens is 3. The first-order valence-corrected chi connectivity index (χ1v) is 6.59. The van der Waals surface area contributed by atoms with Crippen molar-refractivity contribution in [2.24, 2.45) is 11.7 Å². The Labute approximate surface area is 117 Å². The number of aliphatic hydroxyl groups excluding tert-OH is 1. The van der Waals surface area contributed by atoms with Gasteiger partial charge in [-0.1, -0.05) is 41.7 Å². The van der Waals surface area contributed by atoms with Gasteiger partial charge in [-0.05, 0) is 42.5 Å². The van der Waals surface area contributed by atoms with Crippen LogP contribution in [0.1, 0.15) is 24.8 Å². The third kappa shape index (κ3) is 3.73. The van der Waals surface area contributed by atoms with Crippen molar-refractivity contribution >= 4 is 34.8 Å². The highest BCUT2D eigenvalue weighted by Gasteiger charge is 2.19. The molecule has 0 bridgehead atoms. The zero-order chi connectivity index (χ0) is 13.0. The van der Waals surface area contributed by atoms with Gasteiger partial charge in [-0.2, -0.15) is 0 Å². The molecule has 2 atom stereocenters. The minimum atomic E-state index is 0.0520. The Morgan fingerprint density at radius 3 is 2.35 bits per heavy atom. The molecule has 5 heteroatoms. The van der Waals surface area contributed by atoms with E-state index >= 15 is 0 Å². The molecular weight excluding hydrogens is 280 g/mol. The lowest BCUT2D eigenvalue weighted by Gasteiger charge is -2.20. The van der Waals surface area contributed by atoms with Crippen LogP contribution in [0.2, 0.25) is 15.1 Å². The van der Waals surface area contributed by atoms with E-state index in [0.717, 1.165) is 12.0 Å². The molecule has 0 aliphatic rings. The fourth-order valence-corrected chi connectivity index (χ4v) is 2.77. The number of hydrogen-bond donors (Lipinski definition) is 2. The van der Waals surface area contributed by atoms with Crippen molar-refractivity contribution in [1.82, 2.24) is 0 Å². The van der Waals surface area contributed by atoms with Gasteiger partial charge in [-0.3, -0.25) is 0 Å². The second-order valence-corrected chi connectivity index (χ2v) is 5.37. The van der Waals surface area contributed by atoms with Crippen molar-refractivity contribution in [2.45, 2.75) is 19.3 Å². The van der Waals surface area contributed by atoms with Crippen LogP contribution in [0.3, 0.4) is 0 Å². The summed E-state index contributed by atoms with van der Waals surface area (Å²) in [5, 5.41) is 10.7. The molecule has 3 N–H and O–H groups in total. The Morgan fingerprint density at radius 2 is 1.82 bits per heavy atom. The van der Waals surface area contributed by atoms with Gasteiger partial charge in [0.2, 0.25) is 0 Å². The van der Waals surface area contributed by atoms with E-state index in [4.69, 9.17) is 45.6 Å². The van der Waals surface area contributed by atoms with Gasteiger partial charge in [-0.15, -0.1) is 0 Å². The van der Waals surface area contributed by atoms with Crippen LogP contribution in [-0.2, 0) is 0 Å². The molecule has 0 saturated heterocycles. The molecule has 1 rings (SSSR count). The maximum absolute atomic E-state index is 9.14. The fourth-order valence-electron chi connectivity index (χ4n) is 1.86. The van der Waals surface area contributed by atoms with Crippen LogP contribution in [0.25, 0.3) is 0 Å². The molecule has 0 aliphatic carbocycles. The normalized spacial score (nSPS) is 14.7. The Morgan fingerprint density at radius 1 is 1.24 bits per heavy atom. The second-order valence-electron chi connectivity index (χ2n) is 4.18. The Hall–Kier alpha value is 0.01000. The number of hydrogen-bond acceptors (Lipinski definition) is 2. The van der Waals surface area contributed by atoms with Gasteiger partial charge in [0.25, 0.3) is 0 Å². The van der Waals surface area contributed by atoms with E-state index in [1.807, 2.05) is 6.92 Å². The first-order chi connectivity index (χ1) is 8.01. The number of aliphatic hydroxyl groups is 1. The fraction of sp³-hybridized carbons (Fsp3) is 0.500. The van der Waals surface area contributed by atoms with Gasteiger partial charge < -0.3 is 10.8 Å². The Bertz CT molecular complexity index is 380. The summed E-state index contributed by atoms with van der Waals surface area (Å²) >= 11 is 18.3. The average molecular weight is 297 g/mol. The molecule has 0 saturated carbocycles. The van der Waals surface area contributed by atoms with Gasteiger partial charge in [0.05, 0.1) is 10.0 Å². The maximum Gasteiger partial charge on any atom is 0.0641 e. The molecule has 17 heavy (non-hydrogen) atoms. The minimum Gasteiger partial charge on any atom is -0.396 e. The maximum atomic E-state index is 9.14. The Kier molecular flexibility index (Phi) is 6.04. The lowest BCUT2D eigenvalue weighted by molar-refractivity contribution is 0.217. The molecule has 0 amide bonds. The summed E-state index contributed by atoms with van der Waals surface area (Å²) < 4.78 is 0. The standard InChI is InChI=1S/C12H16Cl3NO/c1-7(4-8(5-16)6-17)11-9(13)2-3-10(14)12(11)15/h2-3,7-8,17H,4-6,16H2,1H3. The third-order valence-electron chi connectivity index (χ3n) is 2.85. The summed E-state index contributed by atoms with van der Waals surface area (Å²) in [6.07, 6.45) is 0.729. The molecule has 1 aromatic rings. The van der Waals surface area contributed by atoms with Gasteiger partial charge in [0, 0.05) is 11.6 Å². The van der Waals surface area contributed by atoms with E-state index in [0.29, 0.717) is 21.6 Å². The van der Waals surface area contributed by atoms with Gasteiger partial charge in [0.15, 0.2) is 0 Å². The zero-order valence-electron chi connectivity index (χ0n) is 9.59. The molecule has 0 aromatic heterocycles. The van der Waals surface area contributed by atoms with Crippen molar-refractivity contribution in [2.75, 3.05) is 13.2 Å². The predicted octanol–water partition coefficient (Wildman–Crippen LogP) is 3.71. The largest absolute Gasteiger partial charge is 0.396 e. The number of rotatable bonds is 5. The molecule has 0 aliphatic heterocycles. The van der Waals surface area contributed by atoms with E-state index in [9.17, 15) is 0 Å². The highest BCUT2D eigenvalue weighted by atomic mass is 35.5. The van der Waals surface area contributed by atoms with E-state index in [1.165, 1.54) is 0 Å². The molecule has 0 fully saturated rings. The van der Waals surface area contributed by atoms with Crippen LogP contribution < -0.4 is 5.73 Å². The van der Waals surface area contributed by atoms with Crippen LogP contribution in [0.4, 0.5) is 0 Å². The number of benzene rings is 1. The molecule has 0 heterocycles.